The summed E-state index contributed by atoms with van der Waals surface area (Å²) in [4.78, 5) is 0. The normalized spacial score (nSPS) is 18.9. The maximum atomic E-state index is 4.05. The van der Waals surface area contributed by atoms with Gasteiger partial charge >= 0.3 is 0 Å². The first-order valence-corrected chi connectivity index (χ1v) is 2.80. The van der Waals surface area contributed by atoms with Crippen molar-refractivity contribution in [2.45, 2.75) is 6.42 Å². The third kappa shape index (κ3) is 1.37. The fraction of sp³-hybridized carbons (Fsp3) is 0.500. The third-order valence-corrected chi connectivity index (χ3v) is 1.11. The second-order valence-electron chi connectivity index (χ2n) is 1.86. The Morgan fingerprint density at radius 2 is 2.50 bits per heavy atom. The fourth-order valence-corrected chi connectivity index (χ4v) is 0.628. The molecule has 0 bridgehead atoms. The zero-order chi connectivity index (χ0) is 5.82. The maximum Gasteiger partial charge on any atom is 0.0467 e. The predicted molar refractivity (Wildman–Crippen MR) is 34.9 cm³/mol. The number of hydrazone groups is 1. The third-order valence-electron chi connectivity index (χ3n) is 1.11. The van der Waals surface area contributed by atoms with Crippen LogP contribution in [0.15, 0.2) is 17.3 Å². The van der Waals surface area contributed by atoms with E-state index in [4.69, 9.17) is 0 Å². The molecule has 0 spiro atoms. The molecule has 0 radical (unpaired) electrons. The molecule has 1 rings (SSSR count). The number of rotatable bonds is 0. The minimum Gasteiger partial charge on any atom is -0.300 e. The van der Waals surface area contributed by atoms with E-state index in [9.17, 15) is 0 Å². The molecule has 1 aliphatic heterocycles. The SMILES string of the molecule is CN1CCC=CC=N1. The van der Waals surface area contributed by atoms with Gasteiger partial charge in [0.25, 0.3) is 0 Å². The molecule has 0 N–H and O–H groups in total. The largest absolute Gasteiger partial charge is 0.300 e. The van der Waals surface area contributed by atoms with Crippen molar-refractivity contribution in [2.24, 2.45) is 5.10 Å². The molecule has 0 aromatic heterocycles. The van der Waals surface area contributed by atoms with Crippen molar-refractivity contribution in [3.05, 3.63) is 12.2 Å². The van der Waals surface area contributed by atoms with Crippen LogP contribution in [-0.2, 0) is 0 Å². The number of hydrogen-bond acceptors (Lipinski definition) is 2. The Morgan fingerprint density at radius 3 is 3.38 bits per heavy atom. The van der Waals surface area contributed by atoms with E-state index in [1.54, 1.807) is 0 Å². The van der Waals surface area contributed by atoms with Gasteiger partial charge < -0.3 is 0 Å². The van der Waals surface area contributed by atoms with Gasteiger partial charge in [-0.2, -0.15) is 5.10 Å². The first-order chi connectivity index (χ1) is 3.89. The predicted octanol–water partition coefficient (Wildman–Crippen LogP) is 0.864. The van der Waals surface area contributed by atoms with E-state index in [-0.39, 0.29) is 0 Å². The Balaban J connectivity index is 2.46. The highest BCUT2D eigenvalue weighted by Crippen LogP contribution is 1.92. The molecule has 1 heterocycles. The topological polar surface area (TPSA) is 15.6 Å². The summed E-state index contributed by atoms with van der Waals surface area (Å²) in [5.41, 5.74) is 0. The Kier molecular flexibility index (Phi) is 1.67. The minimum atomic E-state index is 1.03. The summed E-state index contributed by atoms with van der Waals surface area (Å²) in [5, 5.41) is 5.98. The Bertz CT molecular complexity index is 116. The van der Waals surface area contributed by atoms with E-state index in [0.717, 1.165) is 13.0 Å². The summed E-state index contributed by atoms with van der Waals surface area (Å²) in [5.74, 6) is 0. The second kappa shape index (κ2) is 2.50. The molecular formula is C6H10N2. The van der Waals surface area contributed by atoms with E-state index in [1.165, 1.54) is 0 Å². The van der Waals surface area contributed by atoms with E-state index in [0.29, 0.717) is 0 Å². The fourth-order valence-electron chi connectivity index (χ4n) is 0.628. The van der Waals surface area contributed by atoms with Gasteiger partial charge in [0, 0.05) is 19.8 Å². The Labute approximate surface area is 49.5 Å². The van der Waals surface area contributed by atoms with Crippen LogP contribution in [0.2, 0.25) is 0 Å². The lowest BCUT2D eigenvalue weighted by atomic mass is 10.4. The van der Waals surface area contributed by atoms with Crippen molar-refractivity contribution in [1.82, 2.24) is 5.01 Å². The molecule has 2 heteroatoms. The Hall–Kier alpha value is -0.790. The molecule has 2 nitrogen and oxygen atoms in total. The number of hydrogen-bond donors (Lipinski definition) is 0. The summed E-state index contributed by atoms with van der Waals surface area (Å²) in [6.07, 6.45) is 7.01. The van der Waals surface area contributed by atoms with Crippen LogP contribution in [0.1, 0.15) is 6.42 Å². The molecule has 0 aromatic carbocycles. The van der Waals surface area contributed by atoms with Crippen LogP contribution >= 0.6 is 0 Å². The van der Waals surface area contributed by atoms with Crippen LogP contribution in [-0.4, -0.2) is 24.8 Å². The maximum absolute atomic E-state index is 4.05. The molecule has 1 aliphatic rings. The van der Waals surface area contributed by atoms with Crippen molar-refractivity contribution in [1.29, 1.82) is 0 Å². The zero-order valence-electron chi connectivity index (χ0n) is 5.04. The molecule has 0 aliphatic carbocycles. The first-order valence-electron chi connectivity index (χ1n) is 2.80. The standard InChI is InChI=1S/C6H10N2/c1-8-6-4-2-3-5-7-8/h2-3,5H,4,6H2,1H3. The number of allylic oxidation sites excluding steroid dienone is 1. The minimum absolute atomic E-state index is 1.03. The van der Waals surface area contributed by atoms with Crippen LogP contribution in [0.4, 0.5) is 0 Å². The molecule has 0 amide bonds. The van der Waals surface area contributed by atoms with Gasteiger partial charge in [-0.05, 0) is 12.5 Å². The number of nitrogens with zero attached hydrogens (tertiary/aromatic N) is 2. The van der Waals surface area contributed by atoms with E-state index in [2.05, 4.69) is 11.2 Å². The van der Waals surface area contributed by atoms with Crippen molar-refractivity contribution < 1.29 is 0 Å². The van der Waals surface area contributed by atoms with Crippen molar-refractivity contribution >= 4 is 6.21 Å². The molecule has 0 aromatic rings. The highest BCUT2D eigenvalue weighted by molar-refractivity contribution is 5.70. The van der Waals surface area contributed by atoms with E-state index < -0.39 is 0 Å². The van der Waals surface area contributed by atoms with Crippen LogP contribution in [0.3, 0.4) is 0 Å². The summed E-state index contributed by atoms with van der Waals surface area (Å²) < 4.78 is 0. The van der Waals surface area contributed by atoms with Crippen molar-refractivity contribution in [3.8, 4) is 0 Å². The lowest BCUT2D eigenvalue weighted by Crippen LogP contribution is -2.10. The van der Waals surface area contributed by atoms with Gasteiger partial charge in [-0.15, -0.1) is 0 Å². The average Bonchev–Trinajstić information content (AvgIpc) is 1.94. The zero-order valence-corrected chi connectivity index (χ0v) is 5.04. The molecule has 0 fully saturated rings. The van der Waals surface area contributed by atoms with Gasteiger partial charge in [-0.3, -0.25) is 5.01 Å². The quantitative estimate of drug-likeness (QED) is 0.451. The van der Waals surface area contributed by atoms with Crippen LogP contribution in [0, 0.1) is 0 Å². The molecule has 0 saturated carbocycles. The van der Waals surface area contributed by atoms with Gasteiger partial charge in [0.05, 0.1) is 0 Å². The summed E-state index contributed by atoms with van der Waals surface area (Å²) >= 11 is 0. The molecule has 0 unspecified atom stereocenters. The van der Waals surface area contributed by atoms with Crippen LogP contribution < -0.4 is 0 Å². The smallest absolute Gasteiger partial charge is 0.0467 e. The van der Waals surface area contributed by atoms with Gasteiger partial charge in [0.1, 0.15) is 0 Å². The first kappa shape index (κ1) is 5.35. The highest BCUT2D eigenvalue weighted by Gasteiger charge is 1.89. The van der Waals surface area contributed by atoms with Gasteiger partial charge in [-0.1, -0.05) is 6.08 Å². The molecule has 0 atom stereocenters. The van der Waals surface area contributed by atoms with Gasteiger partial charge in [0.15, 0.2) is 0 Å². The van der Waals surface area contributed by atoms with Gasteiger partial charge in [0.2, 0.25) is 0 Å². The monoisotopic (exact) mass is 110 g/mol. The van der Waals surface area contributed by atoms with Crippen molar-refractivity contribution in [2.75, 3.05) is 13.6 Å². The average molecular weight is 110 g/mol. The van der Waals surface area contributed by atoms with Crippen LogP contribution in [0.5, 0.6) is 0 Å². The summed E-state index contributed by atoms with van der Waals surface area (Å²) in [7, 11) is 1.98. The van der Waals surface area contributed by atoms with Crippen molar-refractivity contribution in [3.63, 3.8) is 0 Å². The highest BCUT2D eigenvalue weighted by atomic mass is 15.4. The Morgan fingerprint density at radius 1 is 1.62 bits per heavy atom. The molecule has 0 saturated heterocycles. The summed E-state index contributed by atoms with van der Waals surface area (Å²) in [6, 6.07) is 0. The second-order valence-corrected chi connectivity index (χ2v) is 1.86. The molecule has 44 valence electrons. The molecule has 8 heavy (non-hydrogen) atoms. The van der Waals surface area contributed by atoms with E-state index in [1.807, 2.05) is 24.3 Å². The van der Waals surface area contributed by atoms with E-state index >= 15 is 0 Å². The molecular weight excluding hydrogens is 100 g/mol. The van der Waals surface area contributed by atoms with Crippen LogP contribution in [0.25, 0.3) is 0 Å². The lowest BCUT2D eigenvalue weighted by molar-refractivity contribution is 0.366. The van der Waals surface area contributed by atoms with Gasteiger partial charge in [-0.25, -0.2) is 0 Å². The summed E-state index contributed by atoms with van der Waals surface area (Å²) in [6.45, 7) is 1.03. The lowest BCUT2D eigenvalue weighted by Gasteiger charge is -2.07.